The highest BCUT2D eigenvalue weighted by atomic mass is 16.3. The van der Waals surface area contributed by atoms with Crippen LogP contribution in [0.3, 0.4) is 0 Å². The summed E-state index contributed by atoms with van der Waals surface area (Å²) < 4.78 is 0. The fraction of sp³-hybridized carbons (Fsp3) is 0.200. The van der Waals surface area contributed by atoms with Crippen LogP contribution >= 0.6 is 0 Å². The van der Waals surface area contributed by atoms with E-state index in [2.05, 4.69) is 24.3 Å². The van der Waals surface area contributed by atoms with Crippen molar-refractivity contribution in [3.63, 3.8) is 0 Å². The molecule has 0 amide bonds. The smallest absolute Gasteiger partial charge is 0.157 e. The number of phenols is 2. The Labute approximate surface area is 100 Å². The van der Waals surface area contributed by atoms with Crippen LogP contribution in [0, 0.1) is 0 Å². The second kappa shape index (κ2) is 3.81. The standard InChI is InChI=1S/C15H14O2/c16-14-8-6-11(9-15(14)17)13-7-5-10-3-1-2-4-12(10)13/h1-4,6,8-9,13,16-17H,5,7H2/t13-/m0/s1. The molecule has 2 aromatic rings. The van der Waals surface area contributed by atoms with Crippen molar-refractivity contribution in [1.29, 1.82) is 0 Å². The number of aryl methyl sites for hydroxylation is 1. The van der Waals surface area contributed by atoms with Crippen LogP contribution in [0.25, 0.3) is 0 Å². The lowest BCUT2D eigenvalue weighted by Gasteiger charge is -2.12. The molecule has 3 rings (SSSR count). The third-order valence-corrected chi connectivity index (χ3v) is 3.53. The number of rotatable bonds is 1. The van der Waals surface area contributed by atoms with E-state index in [1.165, 1.54) is 11.1 Å². The van der Waals surface area contributed by atoms with Crippen LogP contribution in [0.1, 0.15) is 29.0 Å². The van der Waals surface area contributed by atoms with Gasteiger partial charge in [0.05, 0.1) is 0 Å². The van der Waals surface area contributed by atoms with Crippen LogP contribution in [-0.4, -0.2) is 10.2 Å². The average Bonchev–Trinajstić information content (AvgIpc) is 2.76. The van der Waals surface area contributed by atoms with E-state index in [1.807, 2.05) is 6.07 Å². The molecule has 0 spiro atoms. The summed E-state index contributed by atoms with van der Waals surface area (Å²) in [6.07, 6.45) is 2.16. The van der Waals surface area contributed by atoms with Crippen LogP contribution in [0.4, 0.5) is 0 Å². The topological polar surface area (TPSA) is 40.5 Å². The molecule has 2 N–H and O–H groups in total. The van der Waals surface area contributed by atoms with Crippen LogP contribution in [0.2, 0.25) is 0 Å². The first-order chi connectivity index (χ1) is 8.25. The minimum atomic E-state index is -0.0555. The molecule has 0 aliphatic heterocycles. The van der Waals surface area contributed by atoms with Crippen molar-refractivity contribution in [2.45, 2.75) is 18.8 Å². The van der Waals surface area contributed by atoms with E-state index in [4.69, 9.17) is 0 Å². The Bertz CT molecular complexity index is 561. The zero-order chi connectivity index (χ0) is 11.8. The Hall–Kier alpha value is -1.96. The zero-order valence-electron chi connectivity index (χ0n) is 9.43. The van der Waals surface area contributed by atoms with Gasteiger partial charge in [-0.2, -0.15) is 0 Å². The van der Waals surface area contributed by atoms with E-state index in [0.717, 1.165) is 18.4 Å². The van der Waals surface area contributed by atoms with Gasteiger partial charge in [-0.1, -0.05) is 30.3 Å². The second-order valence-electron chi connectivity index (χ2n) is 4.54. The molecule has 0 aromatic heterocycles. The van der Waals surface area contributed by atoms with E-state index in [1.54, 1.807) is 12.1 Å². The van der Waals surface area contributed by atoms with Gasteiger partial charge in [0, 0.05) is 5.92 Å². The minimum Gasteiger partial charge on any atom is -0.504 e. The van der Waals surface area contributed by atoms with Crippen molar-refractivity contribution in [2.24, 2.45) is 0 Å². The van der Waals surface area contributed by atoms with Gasteiger partial charge in [-0.3, -0.25) is 0 Å². The van der Waals surface area contributed by atoms with Crippen molar-refractivity contribution in [1.82, 2.24) is 0 Å². The van der Waals surface area contributed by atoms with E-state index in [0.29, 0.717) is 5.92 Å². The van der Waals surface area contributed by atoms with E-state index in [-0.39, 0.29) is 11.5 Å². The Balaban J connectivity index is 2.04. The third-order valence-electron chi connectivity index (χ3n) is 3.53. The summed E-state index contributed by atoms with van der Waals surface area (Å²) in [5.74, 6) is 0.254. The molecule has 0 bridgehead atoms. The van der Waals surface area contributed by atoms with Gasteiger partial charge in [-0.25, -0.2) is 0 Å². The molecule has 17 heavy (non-hydrogen) atoms. The maximum absolute atomic E-state index is 9.56. The molecule has 86 valence electrons. The van der Waals surface area contributed by atoms with Gasteiger partial charge in [0.15, 0.2) is 11.5 Å². The molecular weight excluding hydrogens is 212 g/mol. The predicted octanol–water partition coefficient (Wildman–Crippen LogP) is 3.18. The number of hydrogen-bond acceptors (Lipinski definition) is 2. The van der Waals surface area contributed by atoms with Crippen molar-refractivity contribution in [3.8, 4) is 11.5 Å². The molecular formula is C15H14O2. The lowest BCUT2D eigenvalue weighted by Crippen LogP contribution is -1.95. The third kappa shape index (κ3) is 1.66. The molecule has 0 radical (unpaired) electrons. The molecule has 0 saturated heterocycles. The zero-order valence-corrected chi connectivity index (χ0v) is 9.43. The molecule has 0 fully saturated rings. The Kier molecular flexibility index (Phi) is 2.29. The fourth-order valence-corrected chi connectivity index (χ4v) is 2.66. The van der Waals surface area contributed by atoms with E-state index in [9.17, 15) is 10.2 Å². The summed E-state index contributed by atoms with van der Waals surface area (Å²) in [7, 11) is 0. The fourth-order valence-electron chi connectivity index (χ4n) is 2.66. The predicted molar refractivity (Wildman–Crippen MR) is 66.4 cm³/mol. The largest absolute Gasteiger partial charge is 0.504 e. The van der Waals surface area contributed by atoms with Gasteiger partial charge >= 0.3 is 0 Å². The number of benzene rings is 2. The normalized spacial score (nSPS) is 18.0. The molecule has 2 heteroatoms. The van der Waals surface area contributed by atoms with Crippen LogP contribution < -0.4 is 0 Å². The average molecular weight is 226 g/mol. The summed E-state index contributed by atoms with van der Waals surface area (Å²) in [6, 6.07) is 13.6. The Morgan fingerprint density at radius 3 is 2.59 bits per heavy atom. The molecule has 2 aromatic carbocycles. The lowest BCUT2D eigenvalue weighted by molar-refractivity contribution is 0.403. The minimum absolute atomic E-state index is 0.0353. The van der Waals surface area contributed by atoms with Crippen molar-refractivity contribution >= 4 is 0 Å². The summed E-state index contributed by atoms with van der Waals surface area (Å²) >= 11 is 0. The number of hydrogen-bond donors (Lipinski definition) is 2. The first-order valence-electron chi connectivity index (χ1n) is 5.85. The van der Waals surface area contributed by atoms with Gasteiger partial charge in [0.1, 0.15) is 0 Å². The van der Waals surface area contributed by atoms with E-state index >= 15 is 0 Å². The Morgan fingerprint density at radius 2 is 1.76 bits per heavy atom. The van der Waals surface area contributed by atoms with Crippen LogP contribution in [0.5, 0.6) is 11.5 Å². The highest BCUT2D eigenvalue weighted by Gasteiger charge is 2.23. The number of phenolic OH excluding ortho intramolecular Hbond substituents is 2. The number of aromatic hydroxyl groups is 2. The summed E-state index contributed by atoms with van der Waals surface area (Å²) in [6.45, 7) is 0. The van der Waals surface area contributed by atoms with Crippen molar-refractivity contribution < 1.29 is 10.2 Å². The van der Waals surface area contributed by atoms with Gasteiger partial charge in [0.25, 0.3) is 0 Å². The first-order valence-corrected chi connectivity index (χ1v) is 5.85. The quantitative estimate of drug-likeness (QED) is 0.733. The SMILES string of the molecule is Oc1ccc([C@@H]2CCc3ccccc32)cc1O. The number of fused-ring (bicyclic) bond motifs is 1. The van der Waals surface area contributed by atoms with Crippen molar-refractivity contribution in [2.75, 3.05) is 0 Å². The highest BCUT2D eigenvalue weighted by Crippen LogP contribution is 2.40. The maximum atomic E-state index is 9.56. The Morgan fingerprint density at radius 1 is 0.941 bits per heavy atom. The van der Waals surface area contributed by atoms with Crippen LogP contribution in [-0.2, 0) is 6.42 Å². The lowest BCUT2D eigenvalue weighted by atomic mass is 9.93. The molecule has 0 saturated carbocycles. The van der Waals surface area contributed by atoms with E-state index < -0.39 is 0 Å². The second-order valence-corrected chi connectivity index (χ2v) is 4.54. The molecule has 2 nitrogen and oxygen atoms in total. The molecule has 1 aliphatic carbocycles. The summed E-state index contributed by atoms with van der Waals surface area (Å²) in [5.41, 5.74) is 3.81. The molecule has 0 heterocycles. The summed E-state index contributed by atoms with van der Waals surface area (Å²) in [4.78, 5) is 0. The molecule has 0 unspecified atom stereocenters. The van der Waals surface area contributed by atoms with Gasteiger partial charge in [-0.15, -0.1) is 0 Å². The first kappa shape index (κ1) is 10.2. The molecule has 1 aliphatic rings. The van der Waals surface area contributed by atoms with Crippen molar-refractivity contribution in [3.05, 3.63) is 59.2 Å². The summed E-state index contributed by atoms with van der Waals surface area (Å²) in [5, 5.41) is 18.9. The van der Waals surface area contributed by atoms with Gasteiger partial charge in [-0.05, 0) is 41.7 Å². The van der Waals surface area contributed by atoms with Crippen LogP contribution in [0.15, 0.2) is 42.5 Å². The monoisotopic (exact) mass is 226 g/mol. The highest BCUT2D eigenvalue weighted by molar-refractivity contribution is 5.47. The van der Waals surface area contributed by atoms with Gasteiger partial charge < -0.3 is 10.2 Å². The maximum Gasteiger partial charge on any atom is 0.157 e. The molecule has 1 atom stereocenters. The van der Waals surface area contributed by atoms with Gasteiger partial charge in [0.2, 0.25) is 0 Å².